The first-order chi connectivity index (χ1) is 6.18. The van der Waals surface area contributed by atoms with Gasteiger partial charge in [-0.2, -0.15) is 0 Å². The first-order valence-corrected chi connectivity index (χ1v) is 4.48. The van der Waals surface area contributed by atoms with Crippen molar-refractivity contribution >= 4 is 0 Å². The van der Waals surface area contributed by atoms with E-state index >= 15 is 0 Å². The van der Waals surface area contributed by atoms with Crippen molar-refractivity contribution in [2.24, 2.45) is 0 Å². The van der Waals surface area contributed by atoms with Gasteiger partial charge >= 0.3 is 0 Å². The number of aliphatic hydroxyl groups is 1. The Kier molecular flexibility index (Phi) is 3.92. The molecule has 1 atom stereocenters. The van der Waals surface area contributed by atoms with Crippen LogP contribution in [0.5, 0.6) is 0 Å². The van der Waals surface area contributed by atoms with Gasteiger partial charge in [-0.3, -0.25) is 0 Å². The number of aromatic nitrogens is 1. The van der Waals surface area contributed by atoms with E-state index in [0.717, 1.165) is 18.7 Å². The summed E-state index contributed by atoms with van der Waals surface area (Å²) in [5.41, 5.74) is 0. The van der Waals surface area contributed by atoms with Crippen LogP contribution in [0.2, 0.25) is 0 Å². The lowest BCUT2D eigenvalue weighted by molar-refractivity contribution is 0.183. The first kappa shape index (κ1) is 10.2. The Morgan fingerprint density at radius 1 is 1.69 bits per heavy atom. The predicted molar refractivity (Wildman–Crippen MR) is 49.2 cm³/mol. The highest BCUT2D eigenvalue weighted by atomic mass is 16.4. The molecule has 0 aliphatic carbocycles. The van der Waals surface area contributed by atoms with Gasteiger partial charge < -0.3 is 14.8 Å². The molecule has 1 rings (SSSR count). The van der Waals surface area contributed by atoms with E-state index in [-0.39, 0.29) is 6.10 Å². The van der Waals surface area contributed by atoms with Gasteiger partial charge in [0.05, 0.1) is 18.8 Å². The SMILES string of the molecule is Cc1cnc(CNCCC(C)O)o1. The summed E-state index contributed by atoms with van der Waals surface area (Å²) in [4.78, 5) is 4.04. The fraction of sp³-hybridized carbons (Fsp3) is 0.667. The average Bonchev–Trinajstić information content (AvgIpc) is 2.45. The van der Waals surface area contributed by atoms with Gasteiger partial charge in [0.2, 0.25) is 5.89 Å². The van der Waals surface area contributed by atoms with Crippen LogP contribution in [0.15, 0.2) is 10.6 Å². The van der Waals surface area contributed by atoms with Crippen LogP contribution in [0.4, 0.5) is 0 Å². The minimum atomic E-state index is -0.251. The van der Waals surface area contributed by atoms with E-state index in [1.165, 1.54) is 0 Å². The quantitative estimate of drug-likeness (QED) is 0.666. The largest absolute Gasteiger partial charge is 0.445 e. The summed E-state index contributed by atoms with van der Waals surface area (Å²) in [7, 11) is 0. The third-order valence-electron chi connectivity index (χ3n) is 1.68. The summed E-state index contributed by atoms with van der Waals surface area (Å²) < 4.78 is 5.25. The summed E-state index contributed by atoms with van der Waals surface area (Å²) in [6.07, 6.45) is 2.20. The number of hydrogen-bond acceptors (Lipinski definition) is 4. The summed E-state index contributed by atoms with van der Waals surface area (Å²) in [6, 6.07) is 0. The highest BCUT2D eigenvalue weighted by Crippen LogP contribution is 2.00. The lowest BCUT2D eigenvalue weighted by atomic mass is 10.3. The van der Waals surface area contributed by atoms with E-state index in [4.69, 9.17) is 9.52 Å². The van der Waals surface area contributed by atoms with Crippen molar-refractivity contribution in [3.63, 3.8) is 0 Å². The molecule has 4 nitrogen and oxygen atoms in total. The Morgan fingerprint density at radius 3 is 3.00 bits per heavy atom. The Balaban J connectivity index is 2.13. The monoisotopic (exact) mass is 184 g/mol. The van der Waals surface area contributed by atoms with Crippen LogP contribution in [-0.4, -0.2) is 22.7 Å². The Bertz CT molecular complexity index is 246. The van der Waals surface area contributed by atoms with Gasteiger partial charge in [0.25, 0.3) is 0 Å². The fourth-order valence-corrected chi connectivity index (χ4v) is 0.989. The van der Waals surface area contributed by atoms with Crippen molar-refractivity contribution in [3.8, 4) is 0 Å². The van der Waals surface area contributed by atoms with Gasteiger partial charge in [-0.25, -0.2) is 4.98 Å². The van der Waals surface area contributed by atoms with E-state index in [1.54, 1.807) is 13.1 Å². The van der Waals surface area contributed by atoms with E-state index in [2.05, 4.69) is 10.3 Å². The Morgan fingerprint density at radius 2 is 2.46 bits per heavy atom. The zero-order valence-electron chi connectivity index (χ0n) is 8.08. The molecular formula is C9H16N2O2. The zero-order valence-corrected chi connectivity index (χ0v) is 8.08. The number of rotatable bonds is 5. The van der Waals surface area contributed by atoms with Crippen molar-refractivity contribution in [3.05, 3.63) is 17.8 Å². The van der Waals surface area contributed by atoms with Crippen molar-refractivity contribution in [2.45, 2.75) is 32.9 Å². The number of nitrogens with one attached hydrogen (secondary N) is 1. The molecule has 0 bridgehead atoms. The molecule has 0 aromatic carbocycles. The second kappa shape index (κ2) is 4.99. The lowest BCUT2D eigenvalue weighted by Crippen LogP contribution is -2.18. The van der Waals surface area contributed by atoms with Crippen molar-refractivity contribution in [1.29, 1.82) is 0 Å². The van der Waals surface area contributed by atoms with Gasteiger partial charge in [-0.1, -0.05) is 0 Å². The molecule has 0 fully saturated rings. The molecule has 1 aromatic heterocycles. The molecule has 2 N–H and O–H groups in total. The van der Waals surface area contributed by atoms with Crippen LogP contribution >= 0.6 is 0 Å². The molecule has 0 saturated heterocycles. The summed E-state index contributed by atoms with van der Waals surface area (Å²) in [5.74, 6) is 1.52. The summed E-state index contributed by atoms with van der Waals surface area (Å²) in [5, 5.41) is 12.1. The van der Waals surface area contributed by atoms with Crippen LogP contribution in [0.25, 0.3) is 0 Å². The third-order valence-corrected chi connectivity index (χ3v) is 1.68. The maximum absolute atomic E-state index is 8.97. The van der Waals surface area contributed by atoms with Crippen LogP contribution in [0.3, 0.4) is 0 Å². The number of oxazole rings is 1. The van der Waals surface area contributed by atoms with Gasteiger partial charge in [0.15, 0.2) is 0 Å². The topological polar surface area (TPSA) is 58.3 Å². The van der Waals surface area contributed by atoms with Crippen molar-refractivity contribution < 1.29 is 9.52 Å². The molecule has 0 radical (unpaired) electrons. The predicted octanol–water partition coefficient (Wildman–Crippen LogP) is 0.844. The minimum absolute atomic E-state index is 0.251. The van der Waals surface area contributed by atoms with Crippen LogP contribution in [-0.2, 0) is 6.54 Å². The normalized spacial score (nSPS) is 13.2. The maximum Gasteiger partial charge on any atom is 0.208 e. The molecule has 13 heavy (non-hydrogen) atoms. The van der Waals surface area contributed by atoms with Gasteiger partial charge in [0, 0.05) is 0 Å². The molecule has 1 unspecified atom stereocenters. The fourth-order valence-electron chi connectivity index (χ4n) is 0.989. The lowest BCUT2D eigenvalue weighted by Gasteiger charge is -2.03. The Labute approximate surface area is 78.0 Å². The van der Waals surface area contributed by atoms with Crippen LogP contribution < -0.4 is 5.32 Å². The smallest absolute Gasteiger partial charge is 0.208 e. The molecule has 0 aliphatic heterocycles. The number of hydrogen-bond donors (Lipinski definition) is 2. The summed E-state index contributed by atoms with van der Waals surface area (Å²) >= 11 is 0. The third kappa shape index (κ3) is 4.05. The van der Waals surface area contributed by atoms with Crippen LogP contribution in [0, 0.1) is 6.92 Å². The van der Waals surface area contributed by atoms with E-state index < -0.39 is 0 Å². The maximum atomic E-state index is 8.97. The second-order valence-electron chi connectivity index (χ2n) is 3.18. The van der Waals surface area contributed by atoms with E-state index in [9.17, 15) is 0 Å². The number of aliphatic hydroxyl groups excluding tert-OH is 1. The molecule has 1 aromatic rings. The van der Waals surface area contributed by atoms with Crippen LogP contribution in [0.1, 0.15) is 25.0 Å². The zero-order chi connectivity index (χ0) is 9.68. The summed E-state index contributed by atoms with van der Waals surface area (Å²) in [6.45, 7) is 5.04. The minimum Gasteiger partial charge on any atom is -0.445 e. The molecule has 0 saturated carbocycles. The average molecular weight is 184 g/mol. The molecule has 74 valence electrons. The van der Waals surface area contributed by atoms with Gasteiger partial charge in [-0.15, -0.1) is 0 Å². The second-order valence-corrected chi connectivity index (χ2v) is 3.18. The first-order valence-electron chi connectivity index (χ1n) is 4.48. The number of nitrogens with zero attached hydrogens (tertiary/aromatic N) is 1. The molecule has 0 spiro atoms. The highest BCUT2D eigenvalue weighted by molar-refractivity contribution is 4.90. The highest BCUT2D eigenvalue weighted by Gasteiger charge is 1.99. The Hall–Kier alpha value is -0.870. The van der Waals surface area contributed by atoms with E-state index in [1.807, 2.05) is 6.92 Å². The molecular weight excluding hydrogens is 168 g/mol. The standard InChI is InChI=1S/C9H16N2O2/c1-7(12)3-4-10-6-9-11-5-8(2)13-9/h5,7,10,12H,3-4,6H2,1-2H3. The molecule has 0 aliphatic rings. The number of aryl methyl sites for hydroxylation is 1. The van der Waals surface area contributed by atoms with Gasteiger partial charge in [0.1, 0.15) is 5.76 Å². The molecule has 4 heteroatoms. The van der Waals surface area contributed by atoms with Gasteiger partial charge in [-0.05, 0) is 26.8 Å². The molecule has 1 heterocycles. The van der Waals surface area contributed by atoms with Crippen molar-refractivity contribution in [2.75, 3.05) is 6.54 Å². The van der Waals surface area contributed by atoms with E-state index in [0.29, 0.717) is 12.4 Å². The molecule has 0 amide bonds. The van der Waals surface area contributed by atoms with Crippen molar-refractivity contribution in [1.82, 2.24) is 10.3 Å².